The third kappa shape index (κ3) is 6.55. The molecule has 3 rings (SSSR count). The summed E-state index contributed by atoms with van der Waals surface area (Å²) in [6.45, 7) is 6.89. The second-order valence-corrected chi connectivity index (χ2v) is 10.2. The van der Waals surface area contributed by atoms with Crippen LogP contribution in [0.5, 0.6) is 5.75 Å². The molecule has 3 aromatic rings. The summed E-state index contributed by atoms with van der Waals surface area (Å²) in [6.07, 6.45) is -1.56. The summed E-state index contributed by atoms with van der Waals surface area (Å²) in [4.78, 5) is 13.3. The molecule has 34 heavy (non-hydrogen) atoms. The van der Waals surface area contributed by atoms with Crippen molar-refractivity contribution in [3.8, 4) is 17.2 Å². The average molecular weight is 490 g/mol. The molecule has 1 aromatic heterocycles. The number of hydrogen-bond acceptors (Lipinski definition) is 9. The van der Waals surface area contributed by atoms with Crippen molar-refractivity contribution in [2.75, 3.05) is 13.6 Å². The summed E-state index contributed by atoms with van der Waals surface area (Å²) in [5, 5.41) is 18.1. The van der Waals surface area contributed by atoms with Gasteiger partial charge in [0.2, 0.25) is 11.8 Å². The Morgan fingerprint density at radius 1 is 1.15 bits per heavy atom. The molecule has 1 N–H and O–H groups in total. The van der Waals surface area contributed by atoms with Crippen LogP contribution in [0.4, 0.5) is 4.79 Å². The summed E-state index contributed by atoms with van der Waals surface area (Å²) in [6, 6.07) is 11.9. The summed E-state index contributed by atoms with van der Waals surface area (Å²) in [7, 11) is -2.62. The van der Waals surface area contributed by atoms with Crippen LogP contribution in [0.3, 0.4) is 0 Å². The number of nitrogens with zero attached hydrogens (tertiary/aromatic N) is 3. The smallest absolute Gasteiger partial charge is 0.410 e. The van der Waals surface area contributed by atoms with Gasteiger partial charge in [-0.15, -0.1) is 10.2 Å². The third-order valence-electron chi connectivity index (χ3n) is 4.52. The number of aryl methyl sites for hydroxylation is 1. The van der Waals surface area contributed by atoms with E-state index in [9.17, 15) is 18.3 Å². The molecular formula is C23H27N3O7S. The first-order valence-corrected chi connectivity index (χ1v) is 11.8. The molecule has 0 aliphatic heterocycles. The van der Waals surface area contributed by atoms with Crippen molar-refractivity contribution < 1.29 is 31.7 Å². The fourth-order valence-corrected chi connectivity index (χ4v) is 3.87. The minimum atomic E-state index is -4.14. The number of hydrogen-bond donors (Lipinski definition) is 1. The van der Waals surface area contributed by atoms with E-state index < -0.39 is 27.9 Å². The number of ether oxygens (including phenoxy) is 1. The highest BCUT2D eigenvalue weighted by molar-refractivity contribution is 7.87. The maximum absolute atomic E-state index is 12.7. The topological polar surface area (TPSA) is 132 Å². The second kappa shape index (κ2) is 9.82. The van der Waals surface area contributed by atoms with Gasteiger partial charge in [0.15, 0.2) is 0 Å². The lowest BCUT2D eigenvalue weighted by Gasteiger charge is -2.26. The Labute approximate surface area is 198 Å². The van der Waals surface area contributed by atoms with Gasteiger partial charge in [-0.2, -0.15) is 8.42 Å². The molecule has 0 radical (unpaired) electrons. The Balaban J connectivity index is 1.67. The van der Waals surface area contributed by atoms with Crippen LogP contribution >= 0.6 is 0 Å². The molecule has 0 fully saturated rings. The third-order valence-corrected chi connectivity index (χ3v) is 5.76. The van der Waals surface area contributed by atoms with Crippen molar-refractivity contribution in [1.29, 1.82) is 0 Å². The van der Waals surface area contributed by atoms with E-state index in [1.807, 2.05) is 0 Å². The fourth-order valence-electron chi connectivity index (χ4n) is 2.90. The van der Waals surface area contributed by atoms with Crippen LogP contribution in [0.15, 0.2) is 57.8 Å². The van der Waals surface area contributed by atoms with Gasteiger partial charge < -0.3 is 23.3 Å². The molecule has 1 atom stereocenters. The standard InChI is InChI=1S/C23H27N3O7S/c1-15-24-25-21(31-15)17-7-6-8-19(13-17)34(29,30)33-18-11-9-16(10-12-18)20(27)14-26(5)22(28)32-23(2,3)4/h6-13,20,27H,14H2,1-5H3. The van der Waals surface area contributed by atoms with Crippen LogP contribution in [0.1, 0.15) is 38.3 Å². The van der Waals surface area contributed by atoms with Gasteiger partial charge in [-0.3, -0.25) is 0 Å². The predicted octanol–water partition coefficient (Wildman–Crippen LogP) is 3.71. The van der Waals surface area contributed by atoms with E-state index in [4.69, 9.17) is 13.3 Å². The number of rotatable bonds is 7. The lowest BCUT2D eigenvalue weighted by molar-refractivity contribution is 0.0205. The highest BCUT2D eigenvalue weighted by atomic mass is 32.2. The molecule has 1 heterocycles. The largest absolute Gasteiger partial charge is 0.444 e. The lowest BCUT2D eigenvalue weighted by Crippen LogP contribution is -2.36. The monoisotopic (exact) mass is 489 g/mol. The van der Waals surface area contributed by atoms with Gasteiger partial charge in [-0.25, -0.2) is 4.79 Å². The van der Waals surface area contributed by atoms with Gasteiger partial charge in [0, 0.05) is 19.5 Å². The molecular weight excluding hydrogens is 462 g/mol. The molecule has 0 aliphatic carbocycles. The molecule has 182 valence electrons. The van der Waals surface area contributed by atoms with E-state index >= 15 is 0 Å². The maximum Gasteiger partial charge on any atom is 0.410 e. The number of amides is 1. The molecule has 1 unspecified atom stereocenters. The van der Waals surface area contributed by atoms with E-state index in [0.29, 0.717) is 17.0 Å². The molecule has 2 aromatic carbocycles. The van der Waals surface area contributed by atoms with Crippen molar-refractivity contribution >= 4 is 16.2 Å². The zero-order valence-corrected chi connectivity index (χ0v) is 20.4. The summed E-state index contributed by atoms with van der Waals surface area (Å²) < 4.78 is 41.3. The van der Waals surface area contributed by atoms with Gasteiger partial charge >= 0.3 is 16.2 Å². The lowest BCUT2D eigenvalue weighted by atomic mass is 10.1. The SMILES string of the molecule is Cc1nnc(-c2cccc(S(=O)(=O)Oc3ccc(C(O)CN(C)C(=O)OC(C)(C)C)cc3)c2)o1. The van der Waals surface area contributed by atoms with Crippen molar-refractivity contribution in [3.63, 3.8) is 0 Å². The second-order valence-electron chi connectivity index (χ2n) is 8.64. The molecule has 10 nitrogen and oxygen atoms in total. The van der Waals surface area contributed by atoms with Crippen LogP contribution < -0.4 is 4.18 Å². The Morgan fingerprint density at radius 3 is 2.41 bits per heavy atom. The molecule has 0 aliphatic rings. The fraction of sp³-hybridized carbons (Fsp3) is 0.348. The van der Waals surface area contributed by atoms with E-state index in [2.05, 4.69) is 10.2 Å². The molecule has 0 saturated heterocycles. The molecule has 0 bridgehead atoms. The van der Waals surface area contributed by atoms with Gasteiger partial charge in [-0.1, -0.05) is 18.2 Å². The first kappa shape index (κ1) is 25.2. The highest BCUT2D eigenvalue weighted by Crippen LogP contribution is 2.25. The van der Waals surface area contributed by atoms with Crippen molar-refractivity contribution in [1.82, 2.24) is 15.1 Å². The Hall–Kier alpha value is -3.44. The van der Waals surface area contributed by atoms with Crippen molar-refractivity contribution in [3.05, 3.63) is 60.0 Å². The van der Waals surface area contributed by atoms with Gasteiger partial charge in [0.25, 0.3) is 0 Å². The Bertz CT molecular complexity index is 1250. The number of aromatic nitrogens is 2. The first-order valence-electron chi connectivity index (χ1n) is 10.4. The molecule has 11 heteroatoms. The van der Waals surface area contributed by atoms with E-state index in [-0.39, 0.29) is 23.1 Å². The van der Waals surface area contributed by atoms with Crippen LogP contribution in [0.25, 0.3) is 11.5 Å². The Morgan fingerprint density at radius 2 is 1.82 bits per heavy atom. The van der Waals surface area contributed by atoms with Crippen molar-refractivity contribution in [2.24, 2.45) is 0 Å². The maximum atomic E-state index is 12.7. The van der Waals surface area contributed by atoms with Crippen LogP contribution in [-0.2, 0) is 14.9 Å². The van der Waals surface area contributed by atoms with Gasteiger partial charge in [-0.05, 0) is 56.7 Å². The minimum absolute atomic E-state index is 0.00461. The number of carbonyl (C=O) groups excluding carboxylic acids is 1. The minimum Gasteiger partial charge on any atom is -0.444 e. The van der Waals surface area contributed by atoms with Crippen LogP contribution in [0, 0.1) is 6.92 Å². The zero-order valence-electron chi connectivity index (χ0n) is 19.5. The predicted molar refractivity (Wildman–Crippen MR) is 123 cm³/mol. The van der Waals surface area contributed by atoms with E-state index in [0.717, 1.165) is 0 Å². The number of aliphatic hydroxyl groups excluding tert-OH is 1. The van der Waals surface area contributed by atoms with Gasteiger partial charge in [0.05, 0.1) is 12.6 Å². The number of aliphatic hydroxyl groups is 1. The zero-order chi connectivity index (χ0) is 25.1. The first-order chi connectivity index (χ1) is 15.8. The van der Waals surface area contributed by atoms with Crippen molar-refractivity contribution in [2.45, 2.75) is 44.3 Å². The molecule has 1 amide bonds. The quantitative estimate of drug-likeness (QED) is 0.493. The number of carbonyl (C=O) groups is 1. The summed E-state index contributed by atoms with van der Waals surface area (Å²) in [5.41, 5.74) is 0.275. The number of benzene rings is 2. The average Bonchev–Trinajstić information content (AvgIpc) is 3.19. The van der Waals surface area contributed by atoms with Gasteiger partial charge in [0.1, 0.15) is 16.2 Å². The number of likely N-dealkylation sites (N-methyl/N-ethyl adjacent to an activating group) is 1. The van der Waals surface area contributed by atoms with Crippen LogP contribution in [0.2, 0.25) is 0 Å². The highest BCUT2D eigenvalue weighted by Gasteiger charge is 2.23. The van der Waals surface area contributed by atoms with E-state index in [1.54, 1.807) is 39.8 Å². The summed E-state index contributed by atoms with van der Waals surface area (Å²) in [5.74, 6) is 0.624. The molecule has 0 saturated carbocycles. The Kier molecular flexibility index (Phi) is 7.27. The molecule has 0 spiro atoms. The van der Waals surface area contributed by atoms with Crippen LogP contribution in [-0.4, -0.2) is 53.9 Å². The normalized spacial score (nSPS) is 12.8. The van der Waals surface area contributed by atoms with E-state index in [1.165, 1.54) is 48.3 Å². The summed E-state index contributed by atoms with van der Waals surface area (Å²) >= 11 is 0.